The molecule has 1 aliphatic heterocycles. The topological polar surface area (TPSA) is 85.0 Å². The molecule has 2 amide bonds. The molecule has 1 saturated carbocycles. The Bertz CT molecular complexity index is 1040. The second-order valence-electron chi connectivity index (χ2n) is 7.90. The SMILES string of the molecule is O=C(Nc1ccnn1C1CCN(C(=O)Cn2cnc3ccccc32)CC1)C1CC1. The van der Waals surface area contributed by atoms with Gasteiger partial charge in [0.2, 0.25) is 11.8 Å². The number of likely N-dealkylation sites (tertiary alicyclic amines) is 1. The number of amides is 2. The third-order valence-corrected chi connectivity index (χ3v) is 5.87. The van der Waals surface area contributed by atoms with Crippen molar-refractivity contribution in [2.24, 2.45) is 5.92 Å². The first-order valence-electron chi connectivity index (χ1n) is 10.2. The van der Waals surface area contributed by atoms with E-state index >= 15 is 0 Å². The van der Waals surface area contributed by atoms with Crippen molar-refractivity contribution >= 4 is 28.7 Å². The first-order valence-corrected chi connectivity index (χ1v) is 10.2. The average Bonchev–Trinajstić information content (AvgIpc) is 3.39. The number of fused-ring (bicyclic) bond motifs is 1. The maximum Gasteiger partial charge on any atom is 0.242 e. The maximum absolute atomic E-state index is 12.8. The van der Waals surface area contributed by atoms with Gasteiger partial charge in [0, 0.05) is 25.1 Å². The van der Waals surface area contributed by atoms with Gasteiger partial charge in [-0.1, -0.05) is 12.1 Å². The number of aromatic nitrogens is 4. The smallest absolute Gasteiger partial charge is 0.242 e. The first-order chi connectivity index (χ1) is 14.2. The van der Waals surface area contributed by atoms with Crippen molar-refractivity contribution in [3.63, 3.8) is 0 Å². The number of piperidine rings is 1. The van der Waals surface area contributed by atoms with E-state index in [0.29, 0.717) is 19.6 Å². The molecule has 1 N–H and O–H groups in total. The number of carbonyl (C=O) groups is 2. The number of imidazole rings is 1. The second-order valence-corrected chi connectivity index (χ2v) is 7.90. The molecule has 2 aromatic heterocycles. The van der Waals surface area contributed by atoms with Crippen LogP contribution < -0.4 is 5.32 Å². The molecule has 0 unspecified atom stereocenters. The quantitative estimate of drug-likeness (QED) is 0.723. The lowest BCUT2D eigenvalue weighted by Crippen LogP contribution is -2.41. The minimum atomic E-state index is 0.0897. The predicted octanol–water partition coefficient (Wildman–Crippen LogP) is 2.44. The van der Waals surface area contributed by atoms with Gasteiger partial charge in [-0.05, 0) is 37.8 Å². The standard InChI is InChI=1S/C21H24N6O2/c28-20(13-26-14-22-17-3-1-2-4-18(17)26)25-11-8-16(9-12-25)27-19(7-10-23-27)24-21(29)15-5-6-15/h1-4,7,10,14-16H,5-6,8-9,11-13H2,(H,24,29). The molecule has 3 aromatic rings. The Morgan fingerprint density at radius 3 is 2.66 bits per heavy atom. The van der Waals surface area contributed by atoms with Crippen molar-refractivity contribution in [2.75, 3.05) is 18.4 Å². The van der Waals surface area contributed by atoms with E-state index in [-0.39, 0.29) is 23.8 Å². The van der Waals surface area contributed by atoms with Gasteiger partial charge >= 0.3 is 0 Å². The zero-order chi connectivity index (χ0) is 19.8. The fourth-order valence-electron chi connectivity index (χ4n) is 4.02. The summed E-state index contributed by atoms with van der Waals surface area (Å²) in [5, 5.41) is 7.42. The summed E-state index contributed by atoms with van der Waals surface area (Å²) in [6.07, 6.45) is 7.06. The van der Waals surface area contributed by atoms with Crippen LogP contribution in [0.25, 0.3) is 11.0 Å². The van der Waals surface area contributed by atoms with Crippen LogP contribution in [0.15, 0.2) is 42.9 Å². The molecule has 29 heavy (non-hydrogen) atoms. The van der Waals surface area contributed by atoms with E-state index in [0.717, 1.165) is 42.5 Å². The van der Waals surface area contributed by atoms with E-state index in [2.05, 4.69) is 15.4 Å². The molecule has 1 aromatic carbocycles. The van der Waals surface area contributed by atoms with Crippen LogP contribution in [-0.4, -0.2) is 49.1 Å². The van der Waals surface area contributed by atoms with Gasteiger partial charge in [-0.3, -0.25) is 9.59 Å². The minimum Gasteiger partial charge on any atom is -0.341 e. The lowest BCUT2D eigenvalue weighted by molar-refractivity contribution is -0.133. The van der Waals surface area contributed by atoms with Gasteiger partial charge in [0.05, 0.1) is 29.6 Å². The summed E-state index contributed by atoms with van der Waals surface area (Å²) in [7, 11) is 0. The highest BCUT2D eigenvalue weighted by Crippen LogP contribution is 2.31. The number of benzene rings is 1. The van der Waals surface area contributed by atoms with Crippen LogP contribution in [0.5, 0.6) is 0 Å². The Labute approximate surface area is 168 Å². The fraction of sp³-hybridized carbons (Fsp3) is 0.429. The van der Waals surface area contributed by atoms with Gasteiger partial charge in [0.15, 0.2) is 0 Å². The van der Waals surface area contributed by atoms with Crippen molar-refractivity contribution in [3.05, 3.63) is 42.9 Å². The van der Waals surface area contributed by atoms with Crippen molar-refractivity contribution < 1.29 is 9.59 Å². The number of carbonyl (C=O) groups excluding carboxylic acids is 2. The van der Waals surface area contributed by atoms with Gasteiger partial charge in [0.25, 0.3) is 0 Å². The fourth-order valence-corrected chi connectivity index (χ4v) is 4.02. The molecule has 1 saturated heterocycles. The summed E-state index contributed by atoms with van der Waals surface area (Å²) < 4.78 is 3.81. The Balaban J connectivity index is 1.20. The normalized spacial score (nSPS) is 17.6. The molecule has 0 spiro atoms. The number of nitrogens with zero attached hydrogens (tertiary/aromatic N) is 5. The highest BCUT2D eigenvalue weighted by Gasteiger charge is 2.31. The number of para-hydroxylation sites is 2. The van der Waals surface area contributed by atoms with Crippen LogP contribution in [0.3, 0.4) is 0 Å². The lowest BCUT2D eigenvalue weighted by Gasteiger charge is -2.33. The van der Waals surface area contributed by atoms with E-state index in [9.17, 15) is 9.59 Å². The lowest BCUT2D eigenvalue weighted by atomic mass is 10.1. The summed E-state index contributed by atoms with van der Waals surface area (Å²) in [6.45, 7) is 1.67. The minimum absolute atomic E-state index is 0.0897. The highest BCUT2D eigenvalue weighted by molar-refractivity contribution is 5.93. The Hall–Kier alpha value is -3.16. The average molecular weight is 392 g/mol. The van der Waals surface area contributed by atoms with Gasteiger partial charge in [-0.15, -0.1) is 0 Å². The molecule has 3 heterocycles. The van der Waals surface area contributed by atoms with Gasteiger partial charge in [0.1, 0.15) is 12.4 Å². The van der Waals surface area contributed by atoms with Crippen LogP contribution in [0.4, 0.5) is 5.82 Å². The van der Waals surface area contributed by atoms with Crippen LogP contribution in [0.1, 0.15) is 31.7 Å². The summed E-state index contributed by atoms with van der Waals surface area (Å²) >= 11 is 0. The maximum atomic E-state index is 12.8. The largest absolute Gasteiger partial charge is 0.341 e. The number of anilines is 1. The Kier molecular flexibility index (Phi) is 4.54. The number of rotatable bonds is 5. The zero-order valence-corrected chi connectivity index (χ0v) is 16.2. The van der Waals surface area contributed by atoms with Crippen LogP contribution >= 0.6 is 0 Å². The Morgan fingerprint density at radius 2 is 1.86 bits per heavy atom. The van der Waals surface area contributed by atoms with Crippen molar-refractivity contribution in [3.8, 4) is 0 Å². The molecule has 5 rings (SSSR count). The molecule has 2 aliphatic rings. The summed E-state index contributed by atoms with van der Waals surface area (Å²) in [5.41, 5.74) is 1.88. The van der Waals surface area contributed by atoms with Crippen molar-refractivity contribution in [2.45, 2.75) is 38.3 Å². The van der Waals surface area contributed by atoms with Crippen molar-refractivity contribution in [1.82, 2.24) is 24.2 Å². The van der Waals surface area contributed by atoms with Crippen molar-refractivity contribution in [1.29, 1.82) is 0 Å². The van der Waals surface area contributed by atoms with E-state index in [4.69, 9.17) is 0 Å². The van der Waals surface area contributed by atoms with Crippen LogP contribution in [0.2, 0.25) is 0 Å². The van der Waals surface area contributed by atoms with Gasteiger partial charge in [-0.25, -0.2) is 9.67 Å². The second kappa shape index (κ2) is 7.35. The monoisotopic (exact) mass is 392 g/mol. The van der Waals surface area contributed by atoms with Crippen LogP contribution in [-0.2, 0) is 16.1 Å². The molecule has 8 heteroatoms. The number of hydrogen-bond donors (Lipinski definition) is 1. The van der Waals surface area contributed by atoms with Crippen LogP contribution in [0, 0.1) is 5.92 Å². The molecule has 150 valence electrons. The molecular formula is C21H24N6O2. The zero-order valence-electron chi connectivity index (χ0n) is 16.2. The molecule has 8 nitrogen and oxygen atoms in total. The summed E-state index contributed by atoms with van der Waals surface area (Å²) in [4.78, 5) is 31.1. The summed E-state index contributed by atoms with van der Waals surface area (Å²) in [6, 6.07) is 9.88. The molecule has 0 bridgehead atoms. The van der Waals surface area contributed by atoms with E-state index in [1.54, 1.807) is 12.5 Å². The van der Waals surface area contributed by atoms with E-state index in [1.165, 1.54) is 0 Å². The van der Waals surface area contributed by atoms with Gasteiger partial charge in [-0.2, -0.15) is 5.10 Å². The van der Waals surface area contributed by atoms with Gasteiger partial charge < -0.3 is 14.8 Å². The highest BCUT2D eigenvalue weighted by atomic mass is 16.2. The first kappa shape index (κ1) is 17.9. The predicted molar refractivity (Wildman–Crippen MR) is 108 cm³/mol. The summed E-state index contributed by atoms with van der Waals surface area (Å²) in [5.74, 6) is 1.12. The van der Waals surface area contributed by atoms with E-state index < -0.39 is 0 Å². The van der Waals surface area contributed by atoms with E-state index in [1.807, 2.05) is 44.5 Å². The molecular weight excluding hydrogens is 368 g/mol. The number of nitrogens with one attached hydrogen (secondary N) is 1. The number of hydrogen-bond acceptors (Lipinski definition) is 4. The third-order valence-electron chi connectivity index (χ3n) is 5.87. The molecule has 0 radical (unpaired) electrons. The molecule has 0 atom stereocenters. The molecule has 1 aliphatic carbocycles. The molecule has 2 fully saturated rings. The third kappa shape index (κ3) is 3.62. The Morgan fingerprint density at radius 1 is 1.07 bits per heavy atom.